The van der Waals surface area contributed by atoms with Crippen LogP contribution >= 0.6 is 11.8 Å². The zero-order valence-electron chi connectivity index (χ0n) is 10.8. The summed E-state index contributed by atoms with van der Waals surface area (Å²) in [6.45, 7) is 4.74. The monoisotopic (exact) mass is 243 g/mol. The van der Waals surface area contributed by atoms with Gasteiger partial charge in [-0.05, 0) is 75.0 Å². The molecule has 2 saturated carbocycles. The summed E-state index contributed by atoms with van der Waals surface area (Å²) < 4.78 is 2.21. The summed E-state index contributed by atoms with van der Waals surface area (Å²) in [6, 6.07) is 1.33. The molecule has 2 aliphatic rings. The molecule has 0 amide bonds. The Morgan fingerprint density at radius 3 is 1.31 bits per heavy atom. The largest absolute Gasteiger partial charge is 0.214 e. The van der Waals surface area contributed by atoms with Gasteiger partial charge in [0, 0.05) is 12.1 Å². The fraction of sp³-hybridized carbons (Fsp3) is 1.00. The molecule has 1 nitrogen and oxygen atoms in total. The van der Waals surface area contributed by atoms with E-state index < -0.39 is 0 Å². The Morgan fingerprint density at radius 2 is 1.00 bits per heavy atom. The first kappa shape index (κ1) is 12.7. The fourth-order valence-electron chi connectivity index (χ4n) is 3.28. The molecule has 0 saturated heterocycles. The number of hydrogen-bond donors (Lipinski definition) is 0. The highest BCUT2D eigenvalue weighted by Crippen LogP contribution is 2.34. The lowest BCUT2D eigenvalue weighted by atomic mass is 9.84. The van der Waals surface area contributed by atoms with Gasteiger partial charge in [-0.2, -0.15) is 0 Å². The van der Waals surface area contributed by atoms with Crippen LogP contribution in [0.15, 0.2) is 0 Å². The molecule has 0 N–H and O–H groups in total. The van der Waals surface area contributed by atoms with Gasteiger partial charge >= 0.3 is 0 Å². The quantitative estimate of drug-likeness (QED) is 0.641. The zero-order valence-corrected chi connectivity index (χ0v) is 11.5. The molecule has 0 bridgehead atoms. The van der Waals surface area contributed by atoms with Crippen LogP contribution in [0, 0.1) is 11.8 Å². The van der Waals surface area contributed by atoms with Gasteiger partial charge in [-0.3, -0.25) is 0 Å². The highest BCUT2D eigenvalue weighted by Gasteiger charge is 2.30. The van der Waals surface area contributed by atoms with E-state index in [1.54, 1.807) is 0 Å². The van der Waals surface area contributed by atoms with E-state index in [0.29, 0.717) is 12.1 Å². The topological polar surface area (TPSA) is 3.24 Å². The van der Waals surface area contributed by atoms with Crippen LogP contribution in [0.5, 0.6) is 0 Å². The Balaban J connectivity index is 1.80. The molecule has 0 unspecified atom stereocenters. The summed E-state index contributed by atoms with van der Waals surface area (Å²) in [5.74, 6) is 1.85. The van der Waals surface area contributed by atoms with Gasteiger partial charge < -0.3 is 0 Å². The van der Waals surface area contributed by atoms with Crippen molar-refractivity contribution < 1.29 is 0 Å². The average molecular weight is 244 g/mol. The molecule has 0 aliphatic heterocycles. The lowest BCUT2D eigenvalue weighted by Crippen LogP contribution is -2.40. The molecule has 94 valence electrons. The summed E-state index contributed by atoms with van der Waals surface area (Å²) >= 11 is 6.57. The van der Waals surface area contributed by atoms with Crippen molar-refractivity contribution in [2.24, 2.45) is 11.8 Å². The van der Waals surface area contributed by atoms with Crippen LogP contribution in [0.2, 0.25) is 0 Å². The second kappa shape index (κ2) is 5.73. The van der Waals surface area contributed by atoms with Crippen molar-refractivity contribution in [2.45, 2.75) is 77.3 Å². The Hall–Kier alpha value is 0.250. The molecule has 0 spiro atoms. The molecule has 0 aromatic carbocycles. The summed E-state index contributed by atoms with van der Waals surface area (Å²) in [5.41, 5.74) is 0. The van der Waals surface area contributed by atoms with E-state index in [9.17, 15) is 0 Å². The van der Waals surface area contributed by atoms with Gasteiger partial charge in [-0.15, -0.1) is 0 Å². The van der Waals surface area contributed by atoms with E-state index in [0.717, 1.165) is 11.8 Å². The molecule has 16 heavy (non-hydrogen) atoms. The van der Waals surface area contributed by atoms with E-state index in [4.69, 9.17) is 11.8 Å². The van der Waals surface area contributed by atoms with E-state index in [1.807, 2.05) is 0 Å². The van der Waals surface area contributed by atoms with Crippen molar-refractivity contribution in [3.63, 3.8) is 0 Å². The van der Waals surface area contributed by atoms with Crippen LogP contribution in [-0.2, 0) is 0 Å². The van der Waals surface area contributed by atoms with Crippen LogP contribution in [0.25, 0.3) is 0 Å². The highest BCUT2D eigenvalue weighted by atomic mass is 35.5. The minimum absolute atomic E-state index is 0.663. The minimum atomic E-state index is 0.663. The van der Waals surface area contributed by atoms with Gasteiger partial charge in [0.1, 0.15) is 0 Å². The van der Waals surface area contributed by atoms with Crippen molar-refractivity contribution in [1.82, 2.24) is 4.42 Å². The molecule has 2 rings (SSSR count). The van der Waals surface area contributed by atoms with Crippen molar-refractivity contribution in [1.29, 1.82) is 0 Å². The van der Waals surface area contributed by atoms with E-state index in [2.05, 4.69) is 18.3 Å². The smallest absolute Gasteiger partial charge is 0.0254 e. The van der Waals surface area contributed by atoms with Gasteiger partial charge in [0.25, 0.3) is 0 Å². The SMILES string of the molecule is CC1CCC(N(Cl)C2CCC(C)CC2)CC1. The van der Waals surface area contributed by atoms with Crippen LogP contribution in [-0.4, -0.2) is 16.5 Å². The standard InChI is InChI=1S/C14H26ClN/c1-11-3-7-13(8-4-11)16(15)14-9-5-12(2)6-10-14/h11-14H,3-10H2,1-2H3. The summed E-state index contributed by atoms with van der Waals surface area (Å²) in [6.07, 6.45) is 10.8. The van der Waals surface area contributed by atoms with Crippen molar-refractivity contribution in [3.8, 4) is 0 Å². The van der Waals surface area contributed by atoms with Crippen molar-refractivity contribution in [3.05, 3.63) is 0 Å². The van der Waals surface area contributed by atoms with E-state index >= 15 is 0 Å². The van der Waals surface area contributed by atoms with E-state index in [1.165, 1.54) is 51.4 Å². The van der Waals surface area contributed by atoms with Gasteiger partial charge in [0.05, 0.1) is 0 Å². The van der Waals surface area contributed by atoms with Crippen LogP contribution in [0.4, 0.5) is 0 Å². The number of rotatable bonds is 2. The van der Waals surface area contributed by atoms with Crippen molar-refractivity contribution >= 4 is 11.8 Å². The first-order valence-electron chi connectivity index (χ1n) is 7.11. The van der Waals surface area contributed by atoms with Crippen LogP contribution in [0.1, 0.15) is 65.2 Å². The predicted molar refractivity (Wildman–Crippen MR) is 70.5 cm³/mol. The molecule has 0 aromatic rings. The third kappa shape index (κ3) is 3.13. The maximum atomic E-state index is 6.57. The molecule has 0 atom stereocenters. The van der Waals surface area contributed by atoms with Gasteiger partial charge in [0.2, 0.25) is 0 Å². The first-order chi connectivity index (χ1) is 7.66. The zero-order chi connectivity index (χ0) is 11.5. The molecule has 0 radical (unpaired) electrons. The maximum absolute atomic E-state index is 6.57. The average Bonchev–Trinajstić information content (AvgIpc) is 2.30. The van der Waals surface area contributed by atoms with E-state index in [-0.39, 0.29) is 0 Å². The Labute approximate surface area is 106 Å². The molecular weight excluding hydrogens is 218 g/mol. The summed E-state index contributed by atoms with van der Waals surface area (Å²) in [4.78, 5) is 0. The third-order valence-electron chi connectivity index (χ3n) is 4.67. The van der Waals surface area contributed by atoms with Crippen LogP contribution in [0.3, 0.4) is 0 Å². The number of hydrogen-bond acceptors (Lipinski definition) is 1. The van der Waals surface area contributed by atoms with Crippen molar-refractivity contribution in [2.75, 3.05) is 0 Å². The summed E-state index contributed by atoms with van der Waals surface area (Å²) in [5, 5.41) is 0. The highest BCUT2D eigenvalue weighted by molar-refractivity contribution is 6.13. The maximum Gasteiger partial charge on any atom is 0.0254 e. The number of halogens is 1. The molecule has 0 heterocycles. The third-order valence-corrected chi connectivity index (χ3v) is 5.22. The summed E-state index contributed by atoms with van der Waals surface area (Å²) in [7, 11) is 0. The Bertz CT molecular complexity index is 181. The van der Waals surface area contributed by atoms with Gasteiger partial charge in [-0.25, -0.2) is 4.42 Å². The minimum Gasteiger partial charge on any atom is -0.214 e. The normalized spacial score (nSPS) is 41.2. The van der Waals surface area contributed by atoms with Crippen LogP contribution < -0.4 is 0 Å². The number of nitrogens with zero attached hydrogens (tertiary/aromatic N) is 1. The molecule has 2 aliphatic carbocycles. The second-order valence-electron chi connectivity index (χ2n) is 6.17. The fourth-order valence-corrected chi connectivity index (χ4v) is 3.67. The molecule has 2 fully saturated rings. The lowest BCUT2D eigenvalue weighted by molar-refractivity contribution is 0.147. The Morgan fingerprint density at radius 1 is 0.688 bits per heavy atom. The first-order valence-corrected chi connectivity index (χ1v) is 7.44. The molecule has 0 aromatic heterocycles. The predicted octanol–water partition coefficient (Wildman–Crippen LogP) is 4.60. The van der Waals surface area contributed by atoms with Gasteiger partial charge in [0.15, 0.2) is 0 Å². The lowest BCUT2D eigenvalue weighted by Gasteiger charge is -2.39. The Kier molecular flexibility index (Phi) is 4.55. The second-order valence-corrected chi connectivity index (χ2v) is 6.56. The van der Waals surface area contributed by atoms with Gasteiger partial charge in [-0.1, -0.05) is 13.8 Å². The molecular formula is C14H26ClN. The molecule has 2 heteroatoms.